The molecular weight excluding hydrogens is 272 g/mol. The number of hydrogen-bond donors (Lipinski definition) is 0. The lowest BCUT2D eigenvalue weighted by Gasteiger charge is -2.08. The van der Waals surface area contributed by atoms with Gasteiger partial charge in [0.15, 0.2) is 0 Å². The zero-order valence-corrected chi connectivity index (χ0v) is 16.6. The third-order valence-corrected chi connectivity index (χ3v) is 1.90. The van der Waals surface area contributed by atoms with E-state index >= 15 is 0 Å². The molecule has 2 rings (SSSR count). The molecule has 2 saturated heterocycles. The van der Waals surface area contributed by atoms with Crippen molar-refractivity contribution in [3.63, 3.8) is 0 Å². The van der Waals surface area contributed by atoms with Crippen LogP contribution in [0.25, 0.3) is 0 Å². The Bertz CT molecular complexity index is 76.8. The zero-order valence-electron chi connectivity index (χ0n) is 16.6. The van der Waals surface area contributed by atoms with E-state index in [0.29, 0.717) is 0 Å². The standard InChI is InChI=1S/C5H10O.C4H8O.2C3H8.2C2H6.CH4/c1-2-4-6-5-3-1;1-2-4-5-3-1;2*1-3-2;2*1-2;/h1-5H2;1-4H2;2*3H2,1-2H3;2*1-2H3;1H4. The molecule has 0 radical (unpaired) electrons. The van der Waals surface area contributed by atoms with Gasteiger partial charge in [0.2, 0.25) is 0 Å². The molecule has 2 nitrogen and oxygen atoms in total. The summed E-state index contributed by atoms with van der Waals surface area (Å²) in [6.07, 6.45) is 8.99. The van der Waals surface area contributed by atoms with Crippen molar-refractivity contribution in [3.05, 3.63) is 0 Å². The average molecular weight is 323 g/mol. The molecular formula is C20H50O2. The third-order valence-electron chi connectivity index (χ3n) is 1.90. The minimum absolute atomic E-state index is 0. The van der Waals surface area contributed by atoms with Crippen LogP contribution in [0, 0.1) is 0 Å². The molecule has 0 N–H and O–H groups in total. The summed E-state index contributed by atoms with van der Waals surface area (Å²) in [5.74, 6) is 0. The Kier molecular flexibility index (Phi) is 75.7. The molecule has 0 amide bonds. The van der Waals surface area contributed by atoms with E-state index in [-0.39, 0.29) is 7.43 Å². The highest BCUT2D eigenvalue weighted by molar-refractivity contribution is 4.45. The Labute approximate surface area is 144 Å². The summed E-state index contributed by atoms with van der Waals surface area (Å²) in [4.78, 5) is 0. The van der Waals surface area contributed by atoms with Crippen LogP contribution in [-0.2, 0) is 9.47 Å². The predicted molar refractivity (Wildman–Crippen MR) is 106 cm³/mol. The first-order chi connectivity index (χ1) is 10.3. The van der Waals surface area contributed by atoms with Crippen molar-refractivity contribution in [3.8, 4) is 0 Å². The summed E-state index contributed by atoms with van der Waals surface area (Å²) < 4.78 is 10.0. The van der Waals surface area contributed by atoms with Gasteiger partial charge in [-0.1, -0.05) is 75.7 Å². The van der Waals surface area contributed by atoms with Crippen LogP contribution in [0.1, 0.15) is 108 Å². The van der Waals surface area contributed by atoms with Gasteiger partial charge >= 0.3 is 0 Å². The fourth-order valence-corrected chi connectivity index (χ4v) is 1.20. The average Bonchev–Trinajstić information content (AvgIpc) is 3.14. The maximum absolute atomic E-state index is 5.07. The molecule has 0 unspecified atom stereocenters. The Hall–Kier alpha value is -0.0800. The van der Waals surface area contributed by atoms with Crippen LogP contribution in [-0.4, -0.2) is 26.4 Å². The zero-order chi connectivity index (χ0) is 17.2. The molecule has 2 aliphatic heterocycles. The van der Waals surface area contributed by atoms with E-state index in [1.807, 2.05) is 27.7 Å². The van der Waals surface area contributed by atoms with E-state index in [9.17, 15) is 0 Å². The number of ether oxygens (including phenoxy) is 2. The highest BCUT2D eigenvalue weighted by atomic mass is 16.5. The minimum Gasteiger partial charge on any atom is -0.381 e. The van der Waals surface area contributed by atoms with Gasteiger partial charge in [-0.05, 0) is 32.1 Å². The second-order valence-electron chi connectivity index (χ2n) is 4.41. The maximum atomic E-state index is 5.07. The SMILES string of the molecule is C.C1CCOC1.C1CCOCC1.CC.CC.CCC.CCC. The molecule has 0 aliphatic carbocycles. The summed E-state index contributed by atoms with van der Waals surface area (Å²) in [6, 6.07) is 0. The Morgan fingerprint density at radius 3 is 0.773 bits per heavy atom. The van der Waals surface area contributed by atoms with Crippen molar-refractivity contribution in [1.82, 2.24) is 0 Å². The first-order valence-electron chi connectivity index (χ1n) is 9.48. The first-order valence-corrected chi connectivity index (χ1v) is 9.48. The van der Waals surface area contributed by atoms with Crippen molar-refractivity contribution in [2.75, 3.05) is 26.4 Å². The minimum atomic E-state index is 0. The summed E-state index contributed by atoms with van der Waals surface area (Å²) >= 11 is 0. The highest BCUT2D eigenvalue weighted by Gasteiger charge is 1.95. The Morgan fingerprint density at radius 1 is 0.500 bits per heavy atom. The van der Waals surface area contributed by atoms with Gasteiger partial charge in [0, 0.05) is 26.4 Å². The molecule has 0 aromatic heterocycles. The van der Waals surface area contributed by atoms with Crippen LogP contribution in [0.4, 0.5) is 0 Å². The number of hydrogen-bond acceptors (Lipinski definition) is 2. The van der Waals surface area contributed by atoms with Gasteiger partial charge in [-0.25, -0.2) is 0 Å². The quantitative estimate of drug-likeness (QED) is 0.459. The molecule has 0 aromatic rings. The monoisotopic (exact) mass is 322 g/mol. The van der Waals surface area contributed by atoms with Gasteiger partial charge in [0.1, 0.15) is 0 Å². The van der Waals surface area contributed by atoms with E-state index in [0.717, 1.165) is 26.4 Å². The molecule has 0 atom stereocenters. The largest absolute Gasteiger partial charge is 0.381 e. The van der Waals surface area contributed by atoms with Gasteiger partial charge in [-0.15, -0.1) is 0 Å². The molecule has 0 bridgehead atoms. The van der Waals surface area contributed by atoms with Crippen LogP contribution < -0.4 is 0 Å². The van der Waals surface area contributed by atoms with E-state index in [2.05, 4.69) is 27.7 Å². The van der Waals surface area contributed by atoms with Crippen molar-refractivity contribution < 1.29 is 9.47 Å². The topological polar surface area (TPSA) is 18.5 Å². The summed E-state index contributed by atoms with van der Waals surface area (Å²) in [7, 11) is 0. The maximum Gasteiger partial charge on any atom is 0.0466 e. The lowest BCUT2D eigenvalue weighted by molar-refractivity contribution is 0.0968. The lowest BCUT2D eigenvalue weighted by Crippen LogP contribution is -2.03. The Balaban J connectivity index is -0.0000000555. The molecule has 2 heterocycles. The first kappa shape index (κ1) is 33.5. The fraction of sp³-hybridized carbons (Fsp3) is 1.00. The predicted octanol–water partition coefficient (Wildman–Crippen LogP) is 7.50. The van der Waals surface area contributed by atoms with Crippen molar-refractivity contribution in [2.24, 2.45) is 0 Å². The molecule has 142 valence electrons. The second-order valence-corrected chi connectivity index (χ2v) is 4.41. The fourth-order valence-electron chi connectivity index (χ4n) is 1.20. The molecule has 2 fully saturated rings. The van der Waals surface area contributed by atoms with Gasteiger partial charge in [0.05, 0.1) is 0 Å². The van der Waals surface area contributed by atoms with E-state index in [1.54, 1.807) is 0 Å². The van der Waals surface area contributed by atoms with E-state index < -0.39 is 0 Å². The normalized spacial score (nSPS) is 14.2. The smallest absolute Gasteiger partial charge is 0.0466 e. The van der Waals surface area contributed by atoms with Crippen LogP contribution in [0.3, 0.4) is 0 Å². The lowest BCUT2D eigenvalue weighted by atomic mass is 10.2. The van der Waals surface area contributed by atoms with E-state index in [4.69, 9.17) is 9.47 Å². The molecule has 0 aromatic carbocycles. The molecule has 0 saturated carbocycles. The van der Waals surface area contributed by atoms with Crippen LogP contribution in [0.15, 0.2) is 0 Å². The van der Waals surface area contributed by atoms with Gasteiger partial charge in [-0.2, -0.15) is 0 Å². The summed E-state index contributed by atoms with van der Waals surface area (Å²) in [6.45, 7) is 20.5. The summed E-state index contributed by atoms with van der Waals surface area (Å²) in [5.41, 5.74) is 0. The Morgan fingerprint density at radius 2 is 0.682 bits per heavy atom. The van der Waals surface area contributed by atoms with Crippen molar-refractivity contribution in [1.29, 1.82) is 0 Å². The molecule has 0 spiro atoms. The van der Waals surface area contributed by atoms with Crippen LogP contribution in [0.5, 0.6) is 0 Å². The highest BCUT2D eigenvalue weighted by Crippen LogP contribution is 2.02. The van der Waals surface area contributed by atoms with Gasteiger partial charge < -0.3 is 9.47 Å². The molecule has 2 heteroatoms. The van der Waals surface area contributed by atoms with Crippen LogP contribution >= 0.6 is 0 Å². The molecule has 22 heavy (non-hydrogen) atoms. The third kappa shape index (κ3) is 59.8. The van der Waals surface area contributed by atoms with Gasteiger partial charge in [0.25, 0.3) is 0 Å². The number of rotatable bonds is 0. The van der Waals surface area contributed by atoms with Crippen molar-refractivity contribution in [2.45, 2.75) is 108 Å². The summed E-state index contributed by atoms with van der Waals surface area (Å²) in [5, 5.41) is 0. The second kappa shape index (κ2) is 49.7. The van der Waals surface area contributed by atoms with E-state index in [1.165, 1.54) is 44.9 Å². The van der Waals surface area contributed by atoms with Crippen LogP contribution in [0.2, 0.25) is 0 Å². The van der Waals surface area contributed by atoms with Crippen molar-refractivity contribution >= 4 is 0 Å². The van der Waals surface area contributed by atoms with Gasteiger partial charge in [-0.3, -0.25) is 0 Å². The molecule has 2 aliphatic rings.